The summed E-state index contributed by atoms with van der Waals surface area (Å²) in [6.45, 7) is 5.77. The van der Waals surface area contributed by atoms with E-state index in [0.717, 1.165) is 12.0 Å². The fourth-order valence-corrected chi connectivity index (χ4v) is 1.05. The van der Waals surface area contributed by atoms with Gasteiger partial charge in [0.2, 0.25) is 0 Å². The number of hydrogen-bond acceptors (Lipinski definition) is 2. The van der Waals surface area contributed by atoms with Crippen molar-refractivity contribution in [1.29, 1.82) is 0 Å². The number of allylic oxidation sites excluding steroid dienone is 1. The number of alkyl halides is 2. The summed E-state index contributed by atoms with van der Waals surface area (Å²) in [7, 11) is 0. The Bertz CT molecular complexity index is 267. The van der Waals surface area contributed by atoms with E-state index in [9.17, 15) is 8.78 Å². The summed E-state index contributed by atoms with van der Waals surface area (Å²) in [5, 5.41) is 7.11. The highest BCUT2D eigenvalue weighted by atomic mass is 19.3. The van der Waals surface area contributed by atoms with Crippen LogP contribution in [0.5, 0.6) is 0 Å². The van der Waals surface area contributed by atoms with E-state index in [1.807, 2.05) is 6.92 Å². The minimum atomic E-state index is -2.48. The van der Waals surface area contributed by atoms with Gasteiger partial charge in [-0.15, -0.1) is 0 Å². The Hall–Kier alpha value is -1.06. The molecule has 72 valence electrons. The molecule has 4 heteroatoms. The Morgan fingerprint density at radius 3 is 2.69 bits per heavy atom. The Labute approximate surface area is 76.1 Å². The highest BCUT2D eigenvalue weighted by molar-refractivity contribution is 6.09. The van der Waals surface area contributed by atoms with Gasteiger partial charge in [-0.3, -0.25) is 0 Å². The van der Waals surface area contributed by atoms with E-state index < -0.39 is 6.43 Å². The molecular weight excluding hydrogens is 174 g/mol. The van der Waals surface area contributed by atoms with Gasteiger partial charge in [0.15, 0.2) is 0 Å². The molecule has 0 radical (unpaired) electrons. The third-order valence-corrected chi connectivity index (χ3v) is 1.91. The molecule has 1 heterocycles. The molecular formula is C9H12F2N2. The molecule has 0 atom stereocenters. The highest BCUT2D eigenvalue weighted by Crippen LogP contribution is 2.15. The van der Waals surface area contributed by atoms with Crippen molar-refractivity contribution in [2.75, 3.05) is 0 Å². The molecule has 13 heavy (non-hydrogen) atoms. The third kappa shape index (κ3) is 2.72. The molecule has 0 bridgehead atoms. The monoisotopic (exact) mass is 186 g/mol. The van der Waals surface area contributed by atoms with Crippen molar-refractivity contribution in [2.45, 2.75) is 32.6 Å². The minimum absolute atomic E-state index is 0.126. The van der Waals surface area contributed by atoms with Crippen LogP contribution in [0.4, 0.5) is 8.78 Å². The van der Waals surface area contributed by atoms with Crippen LogP contribution in [0.2, 0.25) is 0 Å². The molecule has 1 aliphatic heterocycles. The fraction of sp³-hybridized carbons (Fsp3) is 0.556. The van der Waals surface area contributed by atoms with Crippen molar-refractivity contribution >= 4 is 11.4 Å². The standard InChI is InChI=1S/C9H12F2N2/c1-3-6(2)4-7-5-8(9(10)11)13-12-7/h9H,2-5H2,1H3. The summed E-state index contributed by atoms with van der Waals surface area (Å²) in [5.41, 5.74) is 1.57. The number of halogens is 2. The second kappa shape index (κ2) is 4.25. The molecule has 1 aliphatic rings. The van der Waals surface area contributed by atoms with Gasteiger partial charge in [0.1, 0.15) is 5.71 Å². The van der Waals surface area contributed by atoms with Crippen LogP contribution in [0.15, 0.2) is 22.4 Å². The molecule has 0 fully saturated rings. The predicted octanol–water partition coefficient (Wildman–Crippen LogP) is 2.81. The first-order valence-electron chi connectivity index (χ1n) is 4.20. The zero-order chi connectivity index (χ0) is 9.84. The van der Waals surface area contributed by atoms with Gasteiger partial charge in [0.05, 0.1) is 5.71 Å². The highest BCUT2D eigenvalue weighted by Gasteiger charge is 2.20. The summed E-state index contributed by atoms with van der Waals surface area (Å²) in [5.74, 6) is 0. The maximum Gasteiger partial charge on any atom is 0.278 e. The van der Waals surface area contributed by atoms with Gasteiger partial charge in [0.25, 0.3) is 6.43 Å². The summed E-state index contributed by atoms with van der Waals surface area (Å²) in [6, 6.07) is 0. The van der Waals surface area contributed by atoms with E-state index >= 15 is 0 Å². The molecule has 0 saturated heterocycles. The lowest BCUT2D eigenvalue weighted by atomic mass is 10.0. The second-order valence-electron chi connectivity index (χ2n) is 3.02. The van der Waals surface area contributed by atoms with Gasteiger partial charge in [-0.1, -0.05) is 19.1 Å². The van der Waals surface area contributed by atoms with E-state index in [-0.39, 0.29) is 12.1 Å². The van der Waals surface area contributed by atoms with E-state index in [4.69, 9.17) is 0 Å². The van der Waals surface area contributed by atoms with Crippen molar-refractivity contribution < 1.29 is 8.78 Å². The average molecular weight is 186 g/mol. The molecule has 0 amide bonds. The predicted molar refractivity (Wildman–Crippen MR) is 49.5 cm³/mol. The zero-order valence-corrected chi connectivity index (χ0v) is 7.56. The van der Waals surface area contributed by atoms with Crippen molar-refractivity contribution in [1.82, 2.24) is 0 Å². The topological polar surface area (TPSA) is 24.7 Å². The van der Waals surface area contributed by atoms with Crippen LogP contribution in [0.1, 0.15) is 26.2 Å². The van der Waals surface area contributed by atoms with E-state index in [1.54, 1.807) is 0 Å². The fourth-order valence-electron chi connectivity index (χ4n) is 1.05. The van der Waals surface area contributed by atoms with Crippen LogP contribution in [0.25, 0.3) is 0 Å². The van der Waals surface area contributed by atoms with Crippen LogP contribution in [-0.2, 0) is 0 Å². The summed E-state index contributed by atoms with van der Waals surface area (Å²) >= 11 is 0. The molecule has 2 nitrogen and oxygen atoms in total. The van der Waals surface area contributed by atoms with Gasteiger partial charge in [0, 0.05) is 12.8 Å². The van der Waals surface area contributed by atoms with E-state index in [2.05, 4.69) is 16.8 Å². The Kier molecular flexibility index (Phi) is 3.28. The summed E-state index contributed by atoms with van der Waals surface area (Å²) in [6.07, 6.45) is -0.827. The smallest absolute Gasteiger partial charge is 0.204 e. The molecule has 0 spiro atoms. The van der Waals surface area contributed by atoms with E-state index in [1.165, 1.54) is 0 Å². The summed E-state index contributed by atoms with van der Waals surface area (Å²) in [4.78, 5) is 0. The maximum atomic E-state index is 12.1. The molecule has 1 rings (SSSR count). The minimum Gasteiger partial charge on any atom is -0.204 e. The Morgan fingerprint density at radius 2 is 2.23 bits per heavy atom. The molecule has 0 N–H and O–H groups in total. The normalized spacial score (nSPS) is 16.0. The van der Waals surface area contributed by atoms with Gasteiger partial charge in [-0.05, 0) is 6.42 Å². The van der Waals surface area contributed by atoms with Crippen molar-refractivity contribution in [3.8, 4) is 0 Å². The van der Waals surface area contributed by atoms with Gasteiger partial charge in [-0.25, -0.2) is 8.78 Å². The molecule has 0 saturated carbocycles. The van der Waals surface area contributed by atoms with Gasteiger partial charge in [-0.2, -0.15) is 10.2 Å². The number of nitrogens with zero attached hydrogens (tertiary/aromatic N) is 2. The maximum absolute atomic E-state index is 12.1. The van der Waals surface area contributed by atoms with Crippen LogP contribution in [-0.4, -0.2) is 17.8 Å². The average Bonchev–Trinajstić information content (AvgIpc) is 2.52. The third-order valence-electron chi connectivity index (χ3n) is 1.91. The van der Waals surface area contributed by atoms with Crippen molar-refractivity contribution in [3.05, 3.63) is 12.2 Å². The zero-order valence-electron chi connectivity index (χ0n) is 7.56. The first-order valence-corrected chi connectivity index (χ1v) is 4.20. The number of rotatable bonds is 4. The second-order valence-corrected chi connectivity index (χ2v) is 3.02. The largest absolute Gasteiger partial charge is 0.278 e. The molecule has 0 unspecified atom stereocenters. The quantitative estimate of drug-likeness (QED) is 0.603. The SMILES string of the molecule is C=C(CC)CC1=NN=C(C(F)F)C1. The lowest BCUT2D eigenvalue weighted by molar-refractivity contribution is 0.224. The van der Waals surface area contributed by atoms with Gasteiger partial charge >= 0.3 is 0 Å². The van der Waals surface area contributed by atoms with Crippen LogP contribution >= 0.6 is 0 Å². The molecule has 0 aromatic rings. The first-order chi connectivity index (χ1) is 6.13. The molecule has 0 aromatic heterocycles. The lowest BCUT2D eigenvalue weighted by Crippen LogP contribution is -2.11. The first kappa shape index (κ1) is 10.0. The Morgan fingerprint density at radius 1 is 1.54 bits per heavy atom. The molecule has 0 aliphatic carbocycles. The summed E-state index contributed by atoms with van der Waals surface area (Å²) < 4.78 is 24.2. The van der Waals surface area contributed by atoms with Crippen molar-refractivity contribution in [2.24, 2.45) is 10.2 Å². The lowest BCUT2D eigenvalue weighted by Gasteiger charge is -2.01. The van der Waals surface area contributed by atoms with Crippen LogP contribution in [0, 0.1) is 0 Å². The van der Waals surface area contributed by atoms with E-state index in [0.29, 0.717) is 12.1 Å². The van der Waals surface area contributed by atoms with Gasteiger partial charge < -0.3 is 0 Å². The Balaban J connectivity index is 2.41. The van der Waals surface area contributed by atoms with Crippen LogP contribution in [0.3, 0.4) is 0 Å². The molecule has 0 aromatic carbocycles. The number of hydrogen-bond donors (Lipinski definition) is 0. The van der Waals surface area contributed by atoms with Crippen LogP contribution < -0.4 is 0 Å². The van der Waals surface area contributed by atoms with Crippen molar-refractivity contribution in [3.63, 3.8) is 0 Å².